The largest absolute Gasteiger partial charge is 0.493 e. The summed E-state index contributed by atoms with van der Waals surface area (Å²) < 4.78 is 12.3. The van der Waals surface area contributed by atoms with Crippen LogP contribution in [0.4, 0.5) is 0 Å². The van der Waals surface area contributed by atoms with Crippen LogP contribution in [0, 0.1) is 75.9 Å². The van der Waals surface area contributed by atoms with E-state index in [0.717, 1.165) is 12.2 Å². The molecule has 1 N–H and O–H groups in total. The normalized spacial score (nSPS) is 62.4. The number of benzene rings is 1. The van der Waals surface area contributed by atoms with Crippen LogP contribution < -0.4 is 4.74 Å². The van der Waals surface area contributed by atoms with Crippen molar-refractivity contribution in [2.75, 3.05) is 13.7 Å². The molecule has 14 atom stereocenters. The molecular formula is C28H32O4. The van der Waals surface area contributed by atoms with E-state index in [1.807, 2.05) is 30.3 Å². The van der Waals surface area contributed by atoms with Gasteiger partial charge in [0.2, 0.25) is 0 Å². The molecule has 4 heteroatoms. The van der Waals surface area contributed by atoms with Gasteiger partial charge in [0.05, 0.1) is 19.3 Å². The Balaban J connectivity index is 1.32. The Morgan fingerprint density at radius 3 is 2.44 bits per heavy atom. The Labute approximate surface area is 189 Å². The standard InChI is InChI=1S/C28H32O4/c1-31-25(29)27-22-15-9-5-8-14(15)21-19(22)20-23(27)16-10-11-17-18(16)24(20)26(21,28(17,27)30)12-32-13-6-3-2-4-7-13/h2-4,6-7,14-24,30H,5,8-12H2,1H3/t14-,15+,16+,17+,18+,19-,20+,21+,22-,23-,24-,26+,27+,28-/m0/s1. The number of hydrogen-bond donors (Lipinski definition) is 1. The van der Waals surface area contributed by atoms with Crippen LogP contribution in [0.2, 0.25) is 0 Å². The number of aliphatic hydroxyl groups is 1. The number of fused-ring (bicyclic) bond motifs is 1. The van der Waals surface area contributed by atoms with Gasteiger partial charge in [0.15, 0.2) is 0 Å². The molecule has 1 aromatic rings. The van der Waals surface area contributed by atoms with Crippen LogP contribution in [-0.4, -0.2) is 30.4 Å². The lowest BCUT2D eigenvalue weighted by molar-refractivity contribution is -0.271. The zero-order chi connectivity index (χ0) is 21.2. The minimum Gasteiger partial charge on any atom is -0.493 e. The van der Waals surface area contributed by atoms with Crippen LogP contribution in [0.1, 0.15) is 32.1 Å². The summed E-state index contributed by atoms with van der Waals surface area (Å²) in [6, 6.07) is 10.2. The van der Waals surface area contributed by atoms with Crippen LogP contribution >= 0.6 is 0 Å². The molecule has 0 spiro atoms. The molecule has 168 valence electrons. The number of hydrogen-bond acceptors (Lipinski definition) is 4. The highest BCUT2D eigenvalue weighted by atomic mass is 16.5. The highest BCUT2D eigenvalue weighted by Gasteiger charge is 3.02. The highest BCUT2D eigenvalue weighted by molar-refractivity contribution is 5.83. The van der Waals surface area contributed by atoms with Gasteiger partial charge >= 0.3 is 5.97 Å². The fourth-order valence-corrected chi connectivity index (χ4v) is 13.7. The third-order valence-electron chi connectivity index (χ3n) is 13.2. The van der Waals surface area contributed by atoms with Gasteiger partial charge in [-0.3, -0.25) is 4.79 Å². The number of carbonyl (C=O) groups excluding carboxylic acids is 1. The Bertz CT molecular complexity index is 1050. The first kappa shape index (κ1) is 17.9. The maximum atomic E-state index is 14.0. The van der Waals surface area contributed by atoms with Gasteiger partial charge in [-0.1, -0.05) is 24.6 Å². The molecule has 9 fully saturated rings. The summed E-state index contributed by atoms with van der Waals surface area (Å²) in [6.45, 7) is 0.580. The molecule has 32 heavy (non-hydrogen) atoms. The van der Waals surface area contributed by atoms with E-state index >= 15 is 0 Å². The van der Waals surface area contributed by atoms with E-state index in [-0.39, 0.29) is 17.3 Å². The van der Waals surface area contributed by atoms with Crippen LogP contribution in [-0.2, 0) is 9.53 Å². The molecule has 9 saturated carbocycles. The lowest BCUT2D eigenvalue weighted by atomic mass is 9.42. The van der Waals surface area contributed by atoms with Crippen molar-refractivity contribution in [3.05, 3.63) is 30.3 Å². The molecule has 0 amide bonds. The predicted octanol–water partition coefficient (Wildman–Crippen LogP) is 3.78. The quantitative estimate of drug-likeness (QED) is 0.736. The van der Waals surface area contributed by atoms with Gasteiger partial charge in [0.25, 0.3) is 0 Å². The summed E-state index contributed by atoms with van der Waals surface area (Å²) in [7, 11) is 1.57. The smallest absolute Gasteiger partial charge is 0.315 e. The fourth-order valence-electron chi connectivity index (χ4n) is 13.7. The topological polar surface area (TPSA) is 55.8 Å². The SMILES string of the molecule is COC(=O)[C@]12[C@H]3[C@@H]4CC[C@@H]5[C@@H]4[C@H]4[C@@H]3[C@H]3[C@@H]([C@H]6CCC[C@H]6[C@@H]31)[C@@]4(COc1ccccc1)[C@@]52O. The zero-order valence-electron chi connectivity index (χ0n) is 18.7. The maximum absolute atomic E-state index is 14.0. The lowest BCUT2D eigenvalue weighted by Gasteiger charge is -2.63. The third-order valence-corrected chi connectivity index (χ3v) is 13.2. The Morgan fingerprint density at radius 2 is 1.66 bits per heavy atom. The van der Waals surface area contributed by atoms with Crippen molar-refractivity contribution >= 4 is 5.97 Å². The maximum Gasteiger partial charge on any atom is 0.315 e. The van der Waals surface area contributed by atoms with E-state index < -0.39 is 11.0 Å². The monoisotopic (exact) mass is 432 g/mol. The third kappa shape index (κ3) is 1.32. The molecular weight excluding hydrogens is 400 g/mol. The first-order valence-corrected chi connectivity index (χ1v) is 13.1. The van der Waals surface area contributed by atoms with Crippen molar-refractivity contribution in [3.8, 4) is 5.75 Å². The molecule has 9 aliphatic rings. The van der Waals surface area contributed by atoms with Crippen LogP contribution in [0.3, 0.4) is 0 Å². The second-order valence-electron chi connectivity index (χ2n) is 12.7. The number of ether oxygens (including phenoxy) is 2. The average molecular weight is 433 g/mol. The molecule has 1 aromatic carbocycles. The van der Waals surface area contributed by atoms with E-state index in [1.54, 1.807) is 7.11 Å². The van der Waals surface area contributed by atoms with Crippen LogP contribution in [0.15, 0.2) is 30.3 Å². The molecule has 4 nitrogen and oxygen atoms in total. The molecule has 0 radical (unpaired) electrons. The van der Waals surface area contributed by atoms with Gasteiger partial charge in [-0.05, 0) is 103 Å². The minimum absolute atomic E-state index is 0.0618. The Hall–Kier alpha value is -1.55. The molecule has 9 aliphatic carbocycles. The van der Waals surface area contributed by atoms with Crippen molar-refractivity contribution in [2.24, 2.45) is 75.9 Å². The van der Waals surface area contributed by atoms with Gasteiger partial charge in [-0.2, -0.15) is 0 Å². The van der Waals surface area contributed by atoms with Crippen LogP contribution in [0.25, 0.3) is 0 Å². The second kappa shape index (κ2) is 5.09. The predicted molar refractivity (Wildman–Crippen MR) is 115 cm³/mol. The van der Waals surface area contributed by atoms with E-state index in [1.165, 1.54) is 25.7 Å². The lowest BCUT2D eigenvalue weighted by Crippen LogP contribution is -2.74. The van der Waals surface area contributed by atoms with E-state index in [4.69, 9.17) is 9.47 Å². The summed E-state index contributed by atoms with van der Waals surface area (Å²) in [4.78, 5) is 14.0. The minimum atomic E-state index is -0.946. The van der Waals surface area contributed by atoms with Gasteiger partial charge < -0.3 is 14.6 Å². The summed E-state index contributed by atoms with van der Waals surface area (Å²) in [5.41, 5.74) is -1.89. The summed E-state index contributed by atoms with van der Waals surface area (Å²) in [5.74, 6) is 6.66. The van der Waals surface area contributed by atoms with Crippen LogP contribution in [0.5, 0.6) is 5.75 Å². The fraction of sp³-hybridized carbons (Fsp3) is 0.750. The first-order valence-electron chi connectivity index (χ1n) is 13.1. The number of carbonyl (C=O) groups is 1. The van der Waals surface area contributed by atoms with Crippen molar-refractivity contribution in [2.45, 2.75) is 37.7 Å². The Morgan fingerprint density at radius 1 is 0.938 bits per heavy atom. The number of esters is 1. The number of methoxy groups -OCH3 is 1. The van der Waals surface area contributed by atoms with E-state index in [0.29, 0.717) is 65.8 Å². The van der Waals surface area contributed by atoms with Gasteiger partial charge in [0.1, 0.15) is 11.2 Å². The van der Waals surface area contributed by atoms with E-state index in [2.05, 4.69) is 0 Å². The second-order valence-corrected chi connectivity index (χ2v) is 12.7. The number of rotatable bonds is 4. The molecule has 0 unspecified atom stereocenters. The van der Waals surface area contributed by atoms with Crippen molar-refractivity contribution in [3.63, 3.8) is 0 Å². The molecule has 0 aliphatic heterocycles. The molecule has 10 rings (SSSR count). The number of para-hydroxylation sites is 1. The molecule has 0 aromatic heterocycles. The van der Waals surface area contributed by atoms with Crippen molar-refractivity contribution < 1.29 is 19.4 Å². The van der Waals surface area contributed by atoms with Gasteiger partial charge in [-0.25, -0.2) is 0 Å². The molecule has 0 heterocycles. The first-order chi connectivity index (χ1) is 15.6. The highest BCUT2D eigenvalue weighted by Crippen LogP contribution is 2.98. The van der Waals surface area contributed by atoms with Gasteiger partial charge in [0, 0.05) is 5.41 Å². The Kier molecular flexibility index (Phi) is 2.84. The summed E-state index contributed by atoms with van der Waals surface area (Å²) >= 11 is 0. The van der Waals surface area contributed by atoms with Crippen molar-refractivity contribution in [1.82, 2.24) is 0 Å². The van der Waals surface area contributed by atoms with Crippen molar-refractivity contribution in [1.29, 1.82) is 0 Å². The van der Waals surface area contributed by atoms with Gasteiger partial charge in [-0.15, -0.1) is 0 Å². The summed E-state index contributed by atoms with van der Waals surface area (Å²) in [6.07, 6.45) is 6.12. The molecule has 9 bridgehead atoms. The molecule has 0 saturated heterocycles. The zero-order valence-corrected chi connectivity index (χ0v) is 18.7. The summed E-state index contributed by atoms with van der Waals surface area (Å²) in [5, 5.41) is 13.2. The average Bonchev–Trinajstić information content (AvgIpc) is 3.59. The van der Waals surface area contributed by atoms with E-state index in [9.17, 15) is 9.90 Å².